The number of aromatic nitrogens is 1. The van der Waals surface area contributed by atoms with Crippen molar-refractivity contribution in [3.8, 4) is 0 Å². The van der Waals surface area contributed by atoms with Crippen LogP contribution in [0, 0.1) is 6.92 Å². The standard InChI is InChI=1S/C13H17N3O3/c1-8-15-11-4-3-9(5-12(11)19-8)6-16(2)13(18)10(14)7-17/h3-5,10,17H,6-7,14H2,1-2H3. The van der Waals surface area contributed by atoms with Crippen LogP contribution in [0.2, 0.25) is 0 Å². The van der Waals surface area contributed by atoms with E-state index >= 15 is 0 Å². The van der Waals surface area contributed by atoms with Gasteiger partial charge in [0.2, 0.25) is 5.91 Å². The highest BCUT2D eigenvalue weighted by Gasteiger charge is 2.17. The van der Waals surface area contributed by atoms with E-state index in [0.29, 0.717) is 18.0 Å². The number of nitrogens with two attached hydrogens (primary N) is 1. The quantitative estimate of drug-likeness (QED) is 0.833. The number of likely N-dealkylation sites (N-methyl/N-ethyl adjacent to an activating group) is 1. The van der Waals surface area contributed by atoms with Gasteiger partial charge in [0.15, 0.2) is 11.5 Å². The molecular weight excluding hydrogens is 246 g/mol. The molecule has 19 heavy (non-hydrogen) atoms. The minimum absolute atomic E-state index is 0.295. The van der Waals surface area contributed by atoms with Gasteiger partial charge in [-0.05, 0) is 17.7 Å². The van der Waals surface area contributed by atoms with E-state index in [4.69, 9.17) is 15.3 Å². The summed E-state index contributed by atoms with van der Waals surface area (Å²) in [5.41, 5.74) is 7.91. The monoisotopic (exact) mass is 263 g/mol. The Bertz CT molecular complexity index is 594. The molecule has 0 aliphatic carbocycles. The van der Waals surface area contributed by atoms with Gasteiger partial charge < -0.3 is 20.2 Å². The van der Waals surface area contributed by atoms with E-state index < -0.39 is 6.04 Å². The van der Waals surface area contributed by atoms with Gasteiger partial charge >= 0.3 is 0 Å². The number of rotatable bonds is 4. The normalized spacial score (nSPS) is 12.6. The van der Waals surface area contributed by atoms with Crippen molar-refractivity contribution in [1.29, 1.82) is 0 Å². The molecule has 0 spiro atoms. The second-order valence-corrected chi connectivity index (χ2v) is 4.52. The molecule has 6 heteroatoms. The van der Waals surface area contributed by atoms with Crippen molar-refractivity contribution < 1.29 is 14.3 Å². The number of amides is 1. The van der Waals surface area contributed by atoms with Crippen molar-refractivity contribution >= 4 is 17.0 Å². The molecule has 1 atom stereocenters. The Morgan fingerprint density at radius 3 is 3.00 bits per heavy atom. The van der Waals surface area contributed by atoms with Crippen LogP contribution < -0.4 is 5.73 Å². The summed E-state index contributed by atoms with van der Waals surface area (Å²) in [6.07, 6.45) is 0. The van der Waals surface area contributed by atoms with Crippen LogP contribution in [0.1, 0.15) is 11.5 Å². The van der Waals surface area contributed by atoms with Crippen LogP contribution in [0.4, 0.5) is 0 Å². The Hall–Kier alpha value is -1.92. The van der Waals surface area contributed by atoms with Crippen molar-refractivity contribution in [3.05, 3.63) is 29.7 Å². The molecule has 1 aromatic heterocycles. The lowest BCUT2D eigenvalue weighted by Crippen LogP contribution is -2.43. The first-order chi connectivity index (χ1) is 9.01. The van der Waals surface area contributed by atoms with Gasteiger partial charge in [0.25, 0.3) is 0 Å². The molecule has 1 unspecified atom stereocenters. The van der Waals surface area contributed by atoms with Crippen LogP contribution in [-0.2, 0) is 11.3 Å². The third-order valence-corrected chi connectivity index (χ3v) is 2.87. The maximum Gasteiger partial charge on any atom is 0.241 e. The van der Waals surface area contributed by atoms with Crippen molar-refractivity contribution in [2.24, 2.45) is 5.73 Å². The van der Waals surface area contributed by atoms with E-state index in [1.54, 1.807) is 14.0 Å². The second-order valence-electron chi connectivity index (χ2n) is 4.52. The van der Waals surface area contributed by atoms with Crippen LogP contribution in [0.25, 0.3) is 11.1 Å². The number of nitrogens with zero attached hydrogens (tertiary/aromatic N) is 2. The highest BCUT2D eigenvalue weighted by atomic mass is 16.3. The molecule has 2 aromatic rings. The lowest BCUT2D eigenvalue weighted by Gasteiger charge is -2.20. The molecule has 1 amide bonds. The van der Waals surface area contributed by atoms with Crippen molar-refractivity contribution in [2.75, 3.05) is 13.7 Å². The summed E-state index contributed by atoms with van der Waals surface area (Å²) in [5, 5.41) is 8.87. The molecule has 0 saturated carbocycles. The molecule has 0 aliphatic rings. The number of carbonyl (C=O) groups excluding carboxylic acids is 1. The van der Waals surface area contributed by atoms with Gasteiger partial charge in [-0.3, -0.25) is 4.79 Å². The summed E-state index contributed by atoms with van der Waals surface area (Å²) >= 11 is 0. The zero-order chi connectivity index (χ0) is 14.0. The van der Waals surface area contributed by atoms with E-state index in [9.17, 15) is 4.79 Å². The number of carbonyl (C=O) groups is 1. The Morgan fingerprint density at radius 2 is 2.32 bits per heavy atom. The first kappa shape index (κ1) is 13.5. The number of aliphatic hydroxyl groups excluding tert-OH is 1. The maximum absolute atomic E-state index is 11.8. The number of hydrogen-bond acceptors (Lipinski definition) is 5. The number of benzene rings is 1. The molecule has 0 fully saturated rings. The number of aliphatic hydroxyl groups is 1. The van der Waals surface area contributed by atoms with Crippen LogP contribution in [0.5, 0.6) is 0 Å². The molecule has 1 heterocycles. The Labute approximate surface area is 110 Å². The summed E-state index contributed by atoms with van der Waals surface area (Å²) in [5.74, 6) is 0.315. The van der Waals surface area contributed by atoms with Gasteiger partial charge in [-0.15, -0.1) is 0 Å². The number of fused-ring (bicyclic) bond motifs is 1. The van der Waals surface area contributed by atoms with Gasteiger partial charge in [-0.2, -0.15) is 0 Å². The molecule has 0 bridgehead atoms. The molecule has 0 aliphatic heterocycles. The third-order valence-electron chi connectivity index (χ3n) is 2.87. The molecule has 102 valence electrons. The van der Waals surface area contributed by atoms with Crippen molar-refractivity contribution in [2.45, 2.75) is 19.5 Å². The third kappa shape index (κ3) is 2.91. The van der Waals surface area contributed by atoms with Crippen LogP contribution >= 0.6 is 0 Å². The topological polar surface area (TPSA) is 92.6 Å². The minimum Gasteiger partial charge on any atom is -0.441 e. The van der Waals surface area contributed by atoms with Gasteiger partial charge in [-0.1, -0.05) is 6.07 Å². The summed E-state index contributed by atoms with van der Waals surface area (Å²) in [4.78, 5) is 17.4. The number of oxazole rings is 1. The Kier molecular flexibility index (Phi) is 3.82. The fourth-order valence-corrected chi connectivity index (χ4v) is 1.90. The Balaban J connectivity index is 2.14. The van der Waals surface area contributed by atoms with E-state index in [1.807, 2.05) is 18.2 Å². The van der Waals surface area contributed by atoms with Gasteiger partial charge in [0, 0.05) is 20.5 Å². The van der Waals surface area contributed by atoms with Crippen LogP contribution in [0.3, 0.4) is 0 Å². The van der Waals surface area contributed by atoms with Gasteiger partial charge in [0.05, 0.1) is 6.61 Å². The fraction of sp³-hybridized carbons (Fsp3) is 0.385. The number of aryl methyl sites for hydroxylation is 1. The summed E-state index contributed by atoms with van der Waals surface area (Å²) < 4.78 is 5.44. The second kappa shape index (κ2) is 5.38. The lowest BCUT2D eigenvalue weighted by atomic mass is 10.2. The average molecular weight is 263 g/mol. The summed E-state index contributed by atoms with van der Waals surface area (Å²) in [6.45, 7) is 1.83. The number of hydrogen-bond donors (Lipinski definition) is 2. The molecule has 6 nitrogen and oxygen atoms in total. The smallest absolute Gasteiger partial charge is 0.241 e. The minimum atomic E-state index is -0.874. The zero-order valence-corrected chi connectivity index (χ0v) is 11.0. The Morgan fingerprint density at radius 1 is 1.58 bits per heavy atom. The SMILES string of the molecule is Cc1nc2ccc(CN(C)C(=O)C(N)CO)cc2o1. The highest BCUT2D eigenvalue weighted by molar-refractivity contribution is 5.81. The van der Waals surface area contributed by atoms with Gasteiger partial charge in [-0.25, -0.2) is 4.98 Å². The largest absolute Gasteiger partial charge is 0.441 e. The zero-order valence-electron chi connectivity index (χ0n) is 11.0. The molecule has 0 saturated heterocycles. The molecular formula is C13H17N3O3. The van der Waals surface area contributed by atoms with Crippen molar-refractivity contribution in [1.82, 2.24) is 9.88 Å². The first-order valence-electron chi connectivity index (χ1n) is 5.98. The van der Waals surface area contributed by atoms with E-state index in [0.717, 1.165) is 11.1 Å². The van der Waals surface area contributed by atoms with Crippen molar-refractivity contribution in [3.63, 3.8) is 0 Å². The van der Waals surface area contributed by atoms with E-state index in [2.05, 4.69) is 4.98 Å². The average Bonchev–Trinajstić information content (AvgIpc) is 2.76. The van der Waals surface area contributed by atoms with E-state index in [-0.39, 0.29) is 12.5 Å². The van der Waals surface area contributed by atoms with Crippen LogP contribution in [-0.4, -0.2) is 40.6 Å². The first-order valence-corrected chi connectivity index (χ1v) is 5.98. The van der Waals surface area contributed by atoms with E-state index in [1.165, 1.54) is 4.90 Å². The van der Waals surface area contributed by atoms with Crippen LogP contribution in [0.15, 0.2) is 22.6 Å². The highest BCUT2D eigenvalue weighted by Crippen LogP contribution is 2.17. The fourth-order valence-electron chi connectivity index (χ4n) is 1.90. The maximum atomic E-state index is 11.8. The van der Waals surface area contributed by atoms with Gasteiger partial charge in [0.1, 0.15) is 11.6 Å². The molecule has 1 aromatic carbocycles. The predicted molar refractivity (Wildman–Crippen MR) is 70.3 cm³/mol. The predicted octanol–water partition coefficient (Wildman–Crippen LogP) is 0.414. The summed E-state index contributed by atoms with van der Waals surface area (Å²) in [7, 11) is 1.65. The molecule has 3 N–H and O–H groups in total. The summed E-state index contributed by atoms with van der Waals surface area (Å²) in [6, 6.07) is 4.72. The molecule has 0 radical (unpaired) electrons. The lowest BCUT2D eigenvalue weighted by molar-refractivity contribution is -0.132. The molecule has 2 rings (SSSR count).